The predicted molar refractivity (Wildman–Crippen MR) is 94.1 cm³/mol. The van der Waals surface area contributed by atoms with Gasteiger partial charge in [-0.15, -0.1) is 0 Å². The van der Waals surface area contributed by atoms with Crippen molar-refractivity contribution in [3.05, 3.63) is 35.9 Å². The largest absolute Gasteiger partial charge is 0.395 e. The molecule has 0 aliphatic rings. The monoisotopic (exact) mass is 306 g/mol. The second-order valence-corrected chi connectivity index (χ2v) is 6.83. The van der Waals surface area contributed by atoms with Gasteiger partial charge in [-0.1, -0.05) is 82.7 Å². The fraction of sp³-hybridized carbons (Fsp3) is 0.700. The second-order valence-electron chi connectivity index (χ2n) is 6.83. The third-order valence-corrected chi connectivity index (χ3v) is 4.73. The Kier molecular flexibility index (Phi) is 9.42. The lowest BCUT2D eigenvalue weighted by Crippen LogP contribution is -2.26. The molecule has 126 valence electrons. The van der Waals surface area contributed by atoms with E-state index in [1.807, 2.05) is 18.2 Å². The lowest BCUT2D eigenvalue weighted by Gasteiger charge is -2.28. The van der Waals surface area contributed by atoms with Gasteiger partial charge in [0.1, 0.15) is 0 Å². The summed E-state index contributed by atoms with van der Waals surface area (Å²) in [6.45, 7) is 4.52. The second kappa shape index (κ2) is 10.8. The number of unbranched alkanes of at least 4 members (excludes halogenated alkanes) is 4. The minimum absolute atomic E-state index is 0.120. The van der Waals surface area contributed by atoms with Crippen molar-refractivity contribution in [3.63, 3.8) is 0 Å². The topological polar surface area (TPSA) is 40.5 Å². The molecule has 0 spiro atoms. The van der Waals surface area contributed by atoms with Crippen molar-refractivity contribution >= 4 is 0 Å². The van der Waals surface area contributed by atoms with Crippen LogP contribution in [0, 0.1) is 0 Å². The van der Waals surface area contributed by atoms with Crippen LogP contribution >= 0.6 is 0 Å². The van der Waals surface area contributed by atoms with E-state index in [-0.39, 0.29) is 18.1 Å². The molecule has 2 unspecified atom stereocenters. The smallest absolute Gasteiger partial charge is 0.0540 e. The van der Waals surface area contributed by atoms with Gasteiger partial charge in [0.15, 0.2) is 0 Å². The van der Waals surface area contributed by atoms with Crippen LogP contribution in [-0.4, -0.2) is 22.9 Å². The molecule has 0 aliphatic heterocycles. The molecule has 1 aromatic rings. The quantitative estimate of drug-likeness (QED) is 0.543. The minimum Gasteiger partial charge on any atom is -0.395 e. The maximum Gasteiger partial charge on any atom is 0.0540 e. The van der Waals surface area contributed by atoms with Crippen LogP contribution in [0.4, 0.5) is 0 Å². The van der Waals surface area contributed by atoms with Crippen LogP contribution in [-0.2, 0) is 5.41 Å². The van der Waals surface area contributed by atoms with E-state index in [0.717, 1.165) is 44.9 Å². The van der Waals surface area contributed by atoms with Crippen LogP contribution in [0.3, 0.4) is 0 Å². The summed E-state index contributed by atoms with van der Waals surface area (Å²) in [6.07, 6.45) is 9.66. The van der Waals surface area contributed by atoms with Gasteiger partial charge in [0, 0.05) is 5.41 Å². The fourth-order valence-corrected chi connectivity index (χ4v) is 3.00. The molecule has 2 heteroatoms. The molecule has 0 heterocycles. The molecular formula is C20H34O2. The van der Waals surface area contributed by atoms with E-state index in [0.29, 0.717) is 0 Å². The van der Waals surface area contributed by atoms with Crippen molar-refractivity contribution < 1.29 is 10.2 Å². The first-order valence-electron chi connectivity index (χ1n) is 8.97. The van der Waals surface area contributed by atoms with E-state index < -0.39 is 0 Å². The summed E-state index contributed by atoms with van der Waals surface area (Å²) in [6, 6.07) is 10.3. The van der Waals surface area contributed by atoms with Crippen LogP contribution in [0.2, 0.25) is 0 Å². The molecule has 0 saturated heterocycles. The molecule has 0 aliphatic carbocycles. The van der Waals surface area contributed by atoms with Crippen molar-refractivity contribution in [3.8, 4) is 0 Å². The summed E-state index contributed by atoms with van der Waals surface area (Å²) >= 11 is 0. The highest BCUT2D eigenvalue weighted by atomic mass is 16.3. The van der Waals surface area contributed by atoms with Crippen LogP contribution < -0.4 is 0 Å². The standard InChI is InChI=1S/C20H34O2/c1-3-4-7-14-19(22)15-10-6-11-16-20(2,17-21)18-12-8-5-9-13-18/h5,8-9,12-13,19,21-22H,3-4,6-7,10-11,14-17H2,1-2H3. The van der Waals surface area contributed by atoms with Crippen molar-refractivity contribution in [2.45, 2.75) is 83.2 Å². The Morgan fingerprint density at radius 2 is 1.59 bits per heavy atom. The van der Waals surface area contributed by atoms with Crippen LogP contribution in [0.5, 0.6) is 0 Å². The molecule has 0 amide bonds. The Bertz CT molecular complexity index is 377. The van der Waals surface area contributed by atoms with Gasteiger partial charge < -0.3 is 10.2 Å². The molecule has 2 N–H and O–H groups in total. The lowest BCUT2D eigenvalue weighted by atomic mass is 9.79. The Balaban J connectivity index is 2.22. The minimum atomic E-state index is -0.138. The van der Waals surface area contributed by atoms with Crippen molar-refractivity contribution in [1.82, 2.24) is 0 Å². The lowest BCUT2D eigenvalue weighted by molar-refractivity contribution is 0.146. The number of aliphatic hydroxyl groups excluding tert-OH is 2. The zero-order chi connectivity index (χ0) is 16.3. The summed E-state index contributed by atoms with van der Waals surface area (Å²) < 4.78 is 0. The Morgan fingerprint density at radius 3 is 2.18 bits per heavy atom. The average molecular weight is 306 g/mol. The average Bonchev–Trinajstić information content (AvgIpc) is 2.55. The first-order valence-corrected chi connectivity index (χ1v) is 8.97. The predicted octanol–water partition coefficient (Wildman–Crippen LogP) is 4.83. The number of rotatable bonds is 12. The highest BCUT2D eigenvalue weighted by Crippen LogP contribution is 2.29. The molecule has 0 radical (unpaired) electrons. The fourth-order valence-electron chi connectivity index (χ4n) is 3.00. The van der Waals surface area contributed by atoms with Crippen LogP contribution in [0.1, 0.15) is 77.2 Å². The van der Waals surface area contributed by atoms with Gasteiger partial charge in [0.2, 0.25) is 0 Å². The van der Waals surface area contributed by atoms with Gasteiger partial charge in [-0.2, -0.15) is 0 Å². The Labute approximate surface area is 136 Å². The Hall–Kier alpha value is -0.860. The normalized spacial score (nSPS) is 15.5. The van der Waals surface area contributed by atoms with Gasteiger partial charge in [-0.05, 0) is 24.8 Å². The zero-order valence-corrected chi connectivity index (χ0v) is 14.4. The third kappa shape index (κ3) is 6.93. The summed E-state index contributed by atoms with van der Waals surface area (Å²) in [5, 5.41) is 19.7. The summed E-state index contributed by atoms with van der Waals surface area (Å²) in [7, 11) is 0. The van der Waals surface area contributed by atoms with Gasteiger partial charge >= 0.3 is 0 Å². The van der Waals surface area contributed by atoms with Crippen molar-refractivity contribution in [1.29, 1.82) is 0 Å². The molecule has 22 heavy (non-hydrogen) atoms. The van der Waals surface area contributed by atoms with Crippen molar-refractivity contribution in [2.24, 2.45) is 0 Å². The van der Waals surface area contributed by atoms with Gasteiger partial charge in [-0.25, -0.2) is 0 Å². The highest BCUT2D eigenvalue weighted by molar-refractivity contribution is 5.24. The molecule has 1 rings (SSSR count). The number of hydrogen-bond acceptors (Lipinski definition) is 2. The number of benzene rings is 1. The molecule has 2 atom stereocenters. The van der Waals surface area contributed by atoms with Crippen molar-refractivity contribution in [2.75, 3.05) is 6.61 Å². The summed E-state index contributed by atoms with van der Waals surface area (Å²) in [5.41, 5.74) is 1.08. The van der Waals surface area contributed by atoms with E-state index >= 15 is 0 Å². The van der Waals surface area contributed by atoms with E-state index in [9.17, 15) is 10.2 Å². The van der Waals surface area contributed by atoms with Crippen LogP contribution in [0.25, 0.3) is 0 Å². The van der Waals surface area contributed by atoms with E-state index in [1.54, 1.807) is 0 Å². The molecule has 0 aromatic heterocycles. The number of aliphatic hydroxyl groups is 2. The van der Waals surface area contributed by atoms with Crippen LogP contribution in [0.15, 0.2) is 30.3 Å². The van der Waals surface area contributed by atoms with E-state index in [1.165, 1.54) is 18.4 Å². The third-order valence-electron chi connectivity index (χ3n) is 4.73. The molecule has 0 saturated carbocycles. The van der Waals surface area contributed by atoms with E-state index in [2.05, 4.69) is 26.0 Å². The summed E-state index contributed by atoms with van der Waals surface area (Å²) in [4.78, 5) is 0. The highest BCUT2D eigenvalue weighted by Gasteiger charge is 2.24. The zero-order valence-electron chi connectivity index (χ0n) is 14.4. The molecule has 0 fully saturated rings. The SMILES string of the molecule is CCCCCC(O)CCCCCC(C)(CO)c1ccccc1. The van der Waals surface area contributed by atoms with E-state index in [4.69, 9.17) is 0 Å². The maximum atomic E-state index is 9.92. The molecular weight excluding hydrogens is 272 g/mol. The van der Waals surface area contributed by atoms with Gasteiger partial charge in [0.25, 0.3) is 0 Å². The number of hydrogen-bond donors (Lipinski definition) is 2. The maximum absolute atomic E-state index is 9.92. The first kappa shape index (κ1) is 19.2. The van der Waals surface area contributed by atoms with Gasteiger partial charge in [-0.3, -0.25) is 0 Å². The molecule has 0 bridgehead atoms. The Morgan fingerprint density at radius 1 is 0.955 bits per heavy atom. The summed E-state index contributed by atoms with van der Waals surface area (Å²) in [5.74, 6) is 0. The molecule has 1 aromatic carbocycles. The molecule has 2 nitrogen and oxygen atoms in total. The first-order chi connectivity index (χ1) is 10.6. The van der Waals surface area contributed by atoms with Gasteiger partial charge in [0.05, 0.1) is 12.7 Å².